The van der Waals surface area contributed by atoms with E-state index in [1.54, 1.807) is 0 Å². The number of carboxylic acid groups (broad SMARTS) is 1. The highest BCUT2D eigenvalue weighted by molar-refractivity contribution is 5.83. The fourth-order valence-corrected chi connectivity index (χ4v) is 4.66. The molecule has 0 heterocycles. The first-order valence-electron chi connectivity index (χ1n) is 12.1. The standard InChI is InChI=1S/C27H32N2O5/c1-2-17(14-25(30)29-24(26(31)32)13-18-11-12-18)15-28-27(33)34-16-23-21-9-5-3-7-19(21)20-8-4-6-10-22(20)23/h3-10,17-18,23-24H,2,11-16H2,1H3,(H,28,33)(H,29,30)(H,31,32)/t17?,24-/m0/s1. The molecule has 34 heavy (non-hydrogen) atoms. The summed E-state index contributed by atoms with van der Waals surface area (Å²) in [6.07, 6.45) is 2.86. The van der Waals surface area contributed by atoms with Gasteiger partial charge in [0.1, 0.15) is 12.6 Å². The van der Waals surface area contributed by atoms with Gasteiger partial charge in [-0.1, -0.05) is 74.7 Å². The summed E-state index contributed by atoms with van der Waals surface area (Å²) in [5, 5.41) is 14.8. The number of ether oxygens (including phenoxy) is 1. The minimum Gasteiger partial charge on any atom is -0.480 e. The lowest BCUT2D eigenvalue weighted by Gasteiger charge is -2.19. The number of hydrogen-bond donors (Lipinski definition) is 3. The average molecular weight is 465 g/mol. The first-order valence-corrected chi connectivity index (χ1v) is 12.1. The number of rotatable bonds is 11. The summed E-state index contributed by atoms with van der Waals surface area (Å²) in [5.41, 5.74) is 4.65. The number of benzene rings is 2. The van der Waals surface area contributed by atoms with Crippen molar-refractivity contribution in [1.29, 1.82) is 0 Å². The number of amides is 2. The summed E-state index contributed by atoms with van der Waals surface area (Å²) >= 11 is 0. The summed E-state index contributed by atoms with van der Waals surface area (Å²) in [7, 11) is 0. The predicted octanol–water partition coefficient (Wildman–Crippen LogP) is 4.31. The van der Waals surface area contributed by atoms with Crippen LogP contribution >= 0.6 is 0 Å². The van der Waals surface area contributed by atoms with E-state index >= 15 is 0 Å². The van der Waals surface area contributed by atoms with Crippen LogP contribution in [-0.4, -0.2) is 42.3 Å². The van der Waals surface area contributed by atoms with Crippen LogP contribution in [0.1, 0.15) is 56.1 Å². The van der Waals surface area contributed by atoms with E-state index < -0.39 is 18.1 Å². The maximum Gasteiger partial charge on any atom is 0.407 e. The van der Waals surface area contributed by atoms with Crippen LogP contribution in [0, 0.1) is 11.8 Å². The summed E-state index contributed by atoms with van der Waals surface area (Å²) < 4.78 is 5.56. The quantitative estimate of drug-likeness (QED) is 0.460. The molecule has 0 spiro atoms. The van der Waals surface area contributed by atoms with Crippen molar-refractivity contribution < 1.29 is 24.2 Å². The number of carbonyl (C=O) groups is 3. The summed E-state index contributed by atoms with van der Waals surface area (Å²) in [5.74, 6) is -1.00. The number of carbonyl (C=O) groups excluding carboxylic acids is 2. The lowest BCUT2D eigenvalue weighted by Crippen LogP contribution is -2.42. The maximum atomic E-state index is 12.4. The summed E-state index contributed by atoms with van der Waals surface area (Å²) in [6.45, 7) is 2.47. The van der Waals surface area contributed by atoms with Gasteiger partial charge in [0.25, 0.3) is 0 Å². The molecule has 1 unspecified atom stereocenters. The minimum atomic E-state index is -0.995. The highest BCUT2D eigenvalue weighted by atomic mass is 16.5. The lowest BCUT2D eigenvalue weighted by atomic mass is 9.98. The van der Waals surface area contributed by atoms with Crippen molar-refractivity contribution in [3.8, 4) is 11.1 Å². The molecule has 0 bridgehead atoms. The fraction of sp³-hybridized carbons (Fsp3) is 0.444. The molecular weight excluding hydrogens is 432 g/mol. The Labute approximate surface area is 199 Å². The first-order chi connectivity index (χ1) is 16.5. The number of nitrogens with one attached hydrogen (secondary N) is 2. The second-order valence-electron chi connectivity index (χ2n) is 9.32. The van der Waals surface area contributed by atoms with Crippen LogP contribution in [0.25, 0.3) is 11.1 Å². The second-order valence-corrected chi connectivity index (χ2v) is 9.32. The number of hydrogen-bond acceptors (Lipinski definition) is 4. The minimum absolute atomic E-state index is 0.00896. The summed E-state index contributed by atoms with van der Waals surface area (Å²) in [6, 6.07) is 15.5. The van der Waals surface area contributed by atoms with Crippen molar-refractivity contribution >= 4 is 18.0 Å². The van der Waals surface area contributed by atoms with Gasteiger partial charge in [0.15, 0.2) is 0 Å². The van der Waals surface area contributed by atoms with Crippen LogP contribution in [0.3, 0.4) is 0 Å². The molecule has 2 aromatic carbocycles. The van der Waals surface area contributed by atoms with Crippen LogP contribution in [0.4, 0.5) is 4.79 Å². The van der Waals surface area contributed by atoms with E-state index in [4.69, 9.17) is 4.74 Å². The largest absolute Gasteiger partial charge is 0.480 e. The Balaban J connectivity index is 1.25. The Morgan fingerprint density at radius 2 is 1.65 bits per heavy atom. The number of fused-ring (bicyclic) bond motifs is 3. The van der Waals surface area contributed by atoms with Crippen LogP contribution in [0.5, 0.6) is 0 Å². The van der Waals surface area contributed by atoms with E-state index in [2.05, 4.69) is 34.9 Å². The molecule has 0 saturated heterocycles. The van der Waals surface area contributed by atoms with Gasteiger partial charge in [0.2, 0.25) is 5.91 Å². The van der Waals surface area contributed by atoms with Gasteiger partial charge in [-0.15, -0.1) is 0 Å². The normalized spacial score (nSPS) is 16.1. The van der Waals surface area contributed by atoms with Crippen LogP contribution < -0.4 is 10.6 Å². The van der Waals surface area contributed by atoms with Gasteiger partial charge in [0, 0.05) is 18.9 Å². The number of aliphatic carboxylic acids is 1. The molecule has 2 aliphatic rings. The third-order valence-corrected chi connectivity index (χ3v) is 6.83. The molecule has 1 fully saturated rings. The van der Waals surface area contributed by atoms with Crippen molar-refractivity contribution in [2.24, 2.45) is 11.8 Å². The molecule has 180 valence electrons. The third-order valence-electron chi connectivity index (χ3n) is 6.83. The molecule has 0 radical (unpaired) electrons. The lowest BCUT2D eigenvalue weighted by molar-refractivity contribution is -0.142. The summed E-state index contributed by atoms with van der Waals surface area (Å²) in [4.78, 5) is 36.2. The molecule has 7 heteroatoms. The molecule has 2 aliphatic carbocycles. The zero-order chi connectivity index (χ0) is 24.1. The van der Waals surface area contributed by atoms with Crippen molar-refractivity contribution in [2.45, 2.75) is 51.0 Å². The van der Waals surface area contributed by atoms with Crippen molar-refractivity contribution in [2.75, 3.05) is 13.2 Å². The van der Waals surface area contributed by atoms with Gasteiger partial charge in [-0.25, -0.2) is 9.59 Å². The highest BCUT2D eigenvalue weighted by Gasteiger charge is 2.31. The third kappa shape index (κ3) is 5.76. The smallest absolute Gasteiger partial charge is 0.407 e. The highest BCUT2D eigenvalue weighted by Crippen LogP contribution is 2.44. The van der Waals surface area contributed by atoms with Gasteiger partial charge in [-0.05, 0) is 40.5 Å². The van der Waals surface area contributed by atoms with E-state index in [1.807, 2.05) is 31.2 Å². The number of carboxylic acids is 1. The zero-order valence-corrected chi connectivity index (χ0v) is 19.5. The maximum absolute atomic E-state index is 12.4. The van der Waals surface area contributed by atoms with E-state index in [1.165, 1.54) is 11.1 Å². The Morgan fingerprint density at radius 1 is 1.03 bits per heavy atom. The Kier molecular flexibility index (Phi) is 7.50. The van der Waals surface area contributed by atoms with Gasteiger partial charge < -0.3 is 20.5 Å². The van der Waals surface area contributed by atoms with E-state index in [0.717, 1.165) is 24.0 Å². The number of alkyl carbamates (subject to hydrolysis) is 1. The molecule has 1 saturated carbocycles. The first kappa shape index (κ1) is 23.8. The zero-order valence-electron chi connectivity index (χ0n) is 19.5. The monoisotopic (exact) mass is 464 g/mol. The van der Waals surface area contributed by atoms with E-state index in [0.29, 0.717) is 25.3 Å². The SMILES string of the molecule is CCC(CNC(=O)OCC1c2ccccc2-c2ccccc21)CC(=O)N[C@@H](CC1CC1)C(=O)O. The van der Waals surface area contributed by atoms with E-state index in [-0.39, 0.29) is 30.8 Å². The van der Waals surface area contributed by atoms with Crippen molar-refractivity contribution in [3.63, 3.8) is 0 Å². The average Bonchev–Trinajstić information content (AvgIpc) is 3.60. The van der Waals surface area contributed by atoms with Crippen LogP contribution in [0.15, 0.2) is 48.5 Å². The molecule has 4 rings (SSSR count). The van der Waals surface area contributed by atoms with Gasteiger partial charge in [-0.2, -0.15) is 0 Å². The molecule has 2 aromatic rings. The van der Waals surface area contributed by atoms with Crippen LogP contribution in [-0.2, 0) is 14.3 Å². The molecule has 0 aromatic heterocycles. The predicted molar refractivity (Wildman–Crippen MR) is 128 cm³/mol. The molecule has 2 atom stereocenters. The Hall–Kier alpha value is -3.35. The molecule has 2 amide bonds. The van der Waals surface area contributed by atoms with Crippen LogP contribution in [0.2, 0.25) is 0 Å². The topological polar surface area (TPSA) is 105 Å². The van der Waals surface area contributed by atoms with Gasteiger partial charge in [-0.3, -0.25) is 4.79 Å². The van der Waals surface area contributed by atoms with E-state index in [9.17, 15) is 19.5 Å². The van der Waals surface area contributed by atoms with Gasteiger partial charge >= 0.3 is 12.1 Å². The molecule has 0 aliphatic heterocycles. The molecule has 3 N–H and O–H groups in total. The molecule has 7 nitrogen and oxygen atoms in total. The Bertz CT molecular complexity index is 1000. The van der Waals surface area contributed by atoms with Gasteiger partial charge in [0.05, 0.1) is 0 Å². The second kappa shape index (κ2) is 10.7. The Morgan fingerprint density at radius 3 is 2.21 bits per heavy atom. The molecular formula is C27H32N2O5. The van der Waals surface area contributed by atoms with Crippen molar-refractivity contribution in [3.05, 3.63) is 59.7 Å². The fourth-order valence-electron chi connectivity index (χ4n) is 4.66. The van der Waals surface area contributed by atoms with Crippen molar-refractivity contribution in [1.82, 2.24) is 10.6 Å².